The molecule has 0 saturated carbocycles. The molecule has 252 valence electrons. The zero-order chi connectivity index (χ0) is 35.6. The van der Waals surface area contributed by atoms with Crippen molar-refractivity contribution in [3.05, 3.63) is 132 Å². The summed E-state index contributed by atoms with van der Waals surface area (Å²) in [7, 11) is 0. The number of benzene rings is 5. The van der Waals surface area contributed by atoms with Crippen molar-refractivity contribution < 1.29 is 18.3 Å². The Balaban J connectivity index is 1.57. The minimum atomic E-state index is -4.67. The number of pyridine rings is 1. The molecule has 1 N–H and O–H groups in total. The predicted molar refractivity (Wildman–Crippen MR) is 197 cm³/mol. The molecule has 0 aliphatic heterocycles. The van der Waals surface area contributed by atoms with E-state index in [2.05, 4.69) is 47.6 Å². The molecule has 0 unspecified atom stereocenters. The summed E-state index contributed by atoms with van der Waals surface area (Å²) in [5, 5.41) is 12.0. The fourth-order valence-corrected chi connectivity index (χ4v) is 6.76. The first kappa shape index (κ1) is 33.1. The molecule has 0 amide bonds. The van der Waals surface area contributed by atoms with E-state index >= 15 is 0 Å². The number of aromatic hydroxyl groups is 1. The van der Waals surface area contributed by atoms with E-state index in [1.165, 1.54) is 16.7 Å². The van der Waals surface area contributed by atoms with Crippen LogP contribution < -0.4 is 0 Å². The van der Waals surface area contributed by atoms with Gasteiger partial charge in [-0.15, -0.1) is 0 Å². The zero-order valence-corrected chi connectivity index (χ0v) is 28.9. The van der Waals surface area contributed by atoms with E-state index in [1.54, 1.807) is 24.4 Å². The lowest BCUT2D eigenvalue weighted by atomic mass is 9.80. The van der Waals surface area contributed by atoms with Crippen LogP contribution in [0, 0.1) is 0 Å². The Kier molecular flexibility index (Phi) is 7.85. The number of hydrogen-bond acceptors (Lipinski definition) is 3. The molecule has 4 nitrogen and oxygen atoms in total. The van der Waals surface area contributed by atoms with Gasteiger partial charge in [0.05, 0.1) is 27.7 Å². The maximum absolute atomic E-state index is 15.0. The number of phenolic OH excluding ortho intramolecular Hbond substituents is 1. The maximum atomic E-state index is 15.0. The Morgan fingerprint density at radius 1 is 0.600 bits per heavy atom. The van der Waals surface area contributed by atoms with Crippen LogP contribution in [0.2, 0.25) is 0 Å². The van der Waals surface area contributed by atoms with Gasteiger partial charge >= 0.3 is 6.18 Å². The Morgan fingerprint density at radius 3 is 1.96 bits per heavy atom. The van der Waals surface area contributed by atoms with Crippen LogP contribution in [0.5, 0.6) is 5.75 Å². The first-order valence-corrected chi connectivity index (χ1v) is 16.6. The molecule has 0 radical (unpaired) electrons. The average molecular weight is 670 g/mol. The van der Waals surface area contributed by atoms with Gasteiger partial charge in [-0.3, -0.25) is 9.55 Å². The van der Waals surface area contributed by atoms with Gasteiger partial charge in [-0.05, 0) is 75.5 Å². The third-order valence-corrected chi connectivity index (χ3v) is 9.31. The molecule has 7 rings (SSSR count). The smallest absolute Gasteiger partial charge is 0.418 e. The number of hydrogen-bond donors (Lipinski definition) is 1. The zero-order valence-electron chi connectivity index (χ0n) is 28.9. The number of fused-ring (bicyclic) bond motifs is 2. The number of imidazole rings is 1. The summed E-state index contributed by atoms with van der Waals surface area (Å²) in [6, 6.07) is 32.8. The van der Waals surface area contributed by atoms with Crippen LogP contribution in [-0.4, -0.2) is 19.6 Å². The topological polar surface area (TPSA) is 50.9 Å². The van der Waals surface area contributed by atoms with Crippen molar-refractivity contribution in [2.24, 2.45) is 0 Å². The average Bonchev–Trinajstić information content (AvgIpc) is 3.46. The number of para-hydroxylation sites is 2. The van der Waals surface area contributed by atoms with Crippen molar-refractivity contribution >= 4 is 21.9 Å². The molecule has 5 aromatic carbocycles. The van der Waals surface area contributed by atoms with Crippen molar-refractivity contribution in [1.82, 2.24) is 14.5 Å². The molecule has 7 aromatic rings. The SMILES string of the molecule is CC(C)(C)c1ccc(-n2c(-c3ccccc3O)nc3c(-c4ccc(C(C)(C)C)c(-c5cccc6cccnc56)c4)ccc(C(F)(F)F)c32)cc1. The summed E-state index contributed by atoms with van der Waals surface area (Å²) >= 11 is 0. The summed E-state index contributed by atoms with van der Waals surface area (Å²) in [5.74, 6) is 0.134. The molecule has 0 aliphatic rings. The lowest BCUT2D eigenvalue weighted by molar-refractivity contribution is -0.136. The van der Waals surface area contributed by atoms with E-state index in [0.29, 0.717) is 16.8 Å². The first-order valence-electron chi connectivity index (χ1n) is 16.6. The Bertz CT molecular complexity index is 2390. The van der Waals surface area contributed by atoms with Gasteiger partial charge in [0, 0.05) is 28.4 Å². The van der Waals surface area contributed by atoms with Crippen molar-refractivity contribution in [3.63, 3.8) is 0 Å². The molecule has 0 spiro atoms. The van der Waals surface area contributed by atoms with Crippen molar-refractivity contribution in [3.8, 4) is 45.1 Å². The van der Waals surface area contributed by atoms with Crippen molar-refractivity contribution in [1.29, 1.82) is 0 Å². The maximum Gasteiger partial charge on any atom is 0.418 e. The lowest BCUT2D eigenvalue weighted by Gasteiger charge is -2.24. The van der Waals surface area contributed by atoms with Crippen LogP contribution in [0.3, 0.4) is 0 Å². The molecule has 7 heteroatoms. The summed E-state index contributed by atoms with van der Waals surface area (Å²) in [6.07, 6.45) is -2.90. The minimum Gasteiger partial charge on any atom is -0.507 e. The minimum absolute atomic E-state index is 0.0780. The third-order valence-electron chi connectivity index (χ3n) is 9.31. The van der Waals surface area contributed by atoms with Crippen LogP contribution >= 0.6 is 0 Å². The van der Waals surface area contributed by atoms with Gasteiger partial charge < -0.3 is 5.11 Å². The number of alkyl halides is 3. The Labute approximate surface area is 289 Å². The van der Waals surface area contributed by atoms with Crippen LogP contribution in [0.15, 0.2) is 115 Å². The fraction of sp³-hybridized carbons (Fsp3) is 0.209. The quantitative estimate of drug-likeness (QED) is 0.203. The number of aromatic nitrogens is 3. The summed E-state index contributed by atoms with van der Waals surface area (Å²) in [6.45, 7) is 12.7. The van der Waals surface area contributed by atoms with E-state index < -0.39 is 11.7 Å². The molecule has 2 aromatic heterocycles. The van der Waals surface area contributed by atoms with Gasteiger partial charge in [-0.1, -0.05) is 108 Å². The third kappa shape index (κ3) is 5.81. The molecule has 0 fully saturated rings. The van der Waals surface area contributed by atoms with E-state index in [9.17, 15) is 18.3 Å². The molecular weight excluding hydrogens is 631 g/mol. The van der Waals surface area contributed by atoms with E-state index in [4.69, 9.17) is 9.97 Å². The van der Waals surface area contributed by atoms with Gasteiger partial charge in [-0.25, -0.2) is 4.98 Å². The highest BCUT2D eigenvalue weighted by atomic mass is 19.4. The molecule has 50 heavy (non-hydrogen) atoms. The number of nitrogens with zero attached hydrogens (tertiary/aromatic N) is 3. The monoisotopic (exact) mass is 669 g/mol. The van der Waals surface area contributed by atoms with Gasteiger partial charge in [0.25, 0.3) is 0 Å². The molecule has 0 atom stereocenters. The van der Waals surface area contributed by atoms with Gasteiger partial charge in [-0.2, -0.15) is 13.2 Å². The Morgan fingerprint density at radius 2 is 1.28 bits per heavy atom. The summed E-state index contributed by atoms with van der Waals surface area (Å²) < 4.78 is 46.5. The van der Waals surface area contributed by atoms with Crippen molar-refractivity contribution in [2.75, 3.05) is 0 Å². The normalized spacial score (nSPS) is 12.6. The van der Waals surface area contributed by atoms with Gasteiger partial charge in [0.15, 0.2) is 0 Å². The van der Waals surface area contributed by atoms with Crippen LogP contribution in [-0.2, 0) is 17.0 Å². The van der Waals surface area contributed by atoms with Crippen LogP contribution in [0.4, 0.5) is 13.2 Å². The van der Waals surface area contributed by atoms with E-state index in [0.717, 1.165) is 44.8 Å². The highest BCUT2D eigenvalue weighted by Crippen LogP contribution is 2.45. The van der Waals surface area contributed by atoms with Gasteiger partial charge in [0.2, 0.25) is 0 Å². The number of phenols is 1. The Hall–Kier alpha value is -5.43. The largest absolute Gasteiger partial charge is 0.507 e. The summed E-state index contributed by atoms with van der Waals surface area (Å²) in [5.41, 5.74) is 5.87. The highest BCUT2D eigenvalue weighted by Gasteiger charge is 2.36. The number of rotatable bonds is 4. The number of halogens is 3. The van der Waals surface area contributed by atoms with Crippen LogP contribution in [0.25, 0.3) is 61.3 Å². The second kappa shape index (κ2) is 11.9. The van der Waals surface area contributed by atoms with Crippen LogP contribution in [0.1, 0.15) is 58.2 Å². The van der Waals surface area contributed by atoms with Crippen molar-refractivity contribution in [2.45, 2.75) is 58.5 Å². The molecule has 2 heterocycles. The molecule has 0 bridgehead atoms. The van der Waals surface area contributed by atoms with Gasteiger partial charge in [0.1, 0.15) is 11.6 Å². The van der Waals surface area contributed by atoms with E-state index in [1.807, 2.05) is 66.7 Å². The van der Waals surface area contributed by atoms with E-state index in [-0.39, 0.29) is 33.4 Å². The molecule has 0 saturated heterocycles. The molecular formula is C43H38F3N3O. The summed E-state index contributed by atoms with van der Waals surface area (Å²) in [4.78, 5) is 9.67. The highest BCUT2D eigenvalue weighted by molar-refractivity contribution is 6.00. The second-order valence-electron chi connectivity index (χ2n) is 14.8. The fourth-order valence-electron chi connectivity index (χ4n) is 6.76. The molecule has 0 aliphatic carbocycles. The first-order chi connectivity index (χ1) is 23.6. The predicted octanol–water partition coefficient (Wildman–Crippen LogP) is 11.9. The second-order valence-corrected chi connectivity index (χ2v) is 14.8. The lowest BCUT2D eigenvalue weighted by Crippen LogP contribution is -2.13. The standard InChI is InChI=1S/C43H38F3N3O/c1-41(2,3)28-17-19-29(20-18-28)49-39-35(43(44,45)46)23-21-30(38(39)48-40(49)32-13-7-8-15-36(32)50)27-16-22-34(42(4,5)6)33(25-27)31-14-9-11-26-12-10-24-47-37(26)31/h7-25,50H,1-6H3.